The van der Waals surface area contributed by atoms with E-state index in [-0.39, 0.29) is 5.56 Å². The summed E-state index contributed by atoms with van der Waals surface area (Å²) in [6, 6.07) is 24.0. The second-order valence-electron chi connectivity index (χ2n) is 8.05. The first-order chi connectivity index (χ1) is 16.5. The highest BCUT2D eigenvalue weighted by atomic mass is 16.7. The molecule has 3 aromatic carbocycles. The van der Waals surface area contributed by atoms with Crippen LogP contribution in [0.15, 0.2) is 84.9 Å². The van der Waals surface area contributed by atoms with Crippen molar-refractivity contribution in [1.29, 1.82) is 0 Å². The summed E-state index contributed by atoms with van der Waals surface area (Å²) in [7, 11) is 0. The summed E-state index contributed by atoms with van der Waals surface area (Å²) >= 11 is 0. The highest BCUT2D eigenvalue weighted by molar-refractivity contribution is 6.09. The van der Waals surface area contributed by atoms with Gasteiger partial charge in [-0.25, -0.2) is 9.59 Å². The van der Waals surface area contributed by atoms with E-state index in [9.17, 15) is 14.4 Å². The molecule has 3 amide bonds. The Bertz CT molecular complexity index is 1140. The highest BCUT2D eigenvalue weighted by Gasteiger charge is 2.55. The van der Waals surface area contributed by atoms with Crippen LogP contribution >= 0.6 is 0 Å². The van der Waals surface area contributed by atoms with Gasteiger partial charge in [-0.2, -0.15) is 0 Å². The molecule has 0 unspecified atom stereocenters. The van der Waals surface area contributed by atoms with Gasteiger partial charge in [0.25, 0.3) is 5.91 Å². The van der Waals surface area contributed by atoms with E-state index < -0.39 is 23.4 Å². The SMILES string of the molecule is CCN(CC)Cc1cccc(C(=O)ON2C(=O)NC(c3ccccc3)(c3ccccc3)C2=O)c1. The minimum Gasteiger partial charge on any atom is -0.323 e. The molecular formula is C27H27N3O4. The Hall–Kier alpha value is -3.97. The van der Waals surface area contributed by atoms with Gasteiger partial charge in [-0.1, -0.05) is 91.7 Å². The molecule has 1 N–H and O–H groups in total. The van der Waals surface area contributed by atoms with Gasteiger partial charge in [0.05, 0.1) is 5.56 Å². The average Bonchev–Trinajstić information content (AvgIpc) is 3.14. The van der Waals surface area contributed by atoms with Crippen molar-refractivity contribution in [3.63, 3.8) is 0 Å². The van der Waals surface area contributed by atoms with Crippen LogP contribution in [0.1, 0.15) is 40.9 Å². The van der Waals surface area contributed by atoms with Crippen LogP contribution in [-0.2, 0) is 21.7 Å². The molecule has 1 fully saturated rings. The van der Waals surface area contributed by atoms with E-state index in [1.165, 1.54) is 0 Å². The van der Waals surface area contributed by atoms with Crippen LogP contribution in [-0.4, -0.2) is 41.0 Å². The second kappa shape index (κ2) is 9.89. The first-order valence-electron chi connectivity index (χ1n) is 11.3. The van der Waals surface area contributed by atoms with Gasteiger partial charge in [-0.15, -0.1) is 0 Å². The minimum atomic E-state index is -1.50. The summed E-state index contributed by atoms with van der Waals surface area (Å²) in [6.07, 6.45) is 0. The summed E-state index contributed by atoms with van der Waals surface area (Å²) in [4.78, 5) is 47.1. The van der Waals surface area contributed by atoms with Crippen LogP contribution in [0.2, 0.25) is 0 Å². The zero-order valence-corrected chi connectivity index (χ0v) is 19.2. The molecule has 7 heteroatoms. The minimum absolute atomic E-state index is 0.266. The molecule has 0 aromatic heterocycles. The predicted octanol–water partition coefficient (Wildman–Crippen LogP) is 4.10. The van der Waals surface area contributed by atoms with E-state index in [1.54, 1.807) is 66.7 Å². The number of nitrogens with one attached hydrogen (secondary N) is 1. The Morgan fingerprint density at radius 1 is 0.882 bits per heavy atom. The smallest absolute Gasteiger partial charge is 0.323 e. The first-order valence-corrected chi connectivity index (χ1v) is 11.3. The van der Waals surface area contributed by atoms with E-state index >= 15 is 0 Å². The second-order valence-corrected chi connectivity index (χ2v) is 8.05. The summed E-state index contributed by atoms with van der Waals surface area (Å²) in [5, 5.41) is 3.29. The number of nitrogens with zero attached hydrogens (tertiary/aromatic N) is 2. The number of carbonyl (C=O) groups is 3. The van der Waals surface area contributed by atoms with Gasteiger partial charge in [-0.3, -0.25) is 9.69 Å². The van der Waals surface area contributed by atoms with E-state index in [2.05, 4.69) is 24.1 Å². The maximum absolute atomic E-state index is 13.7. The van der Waals surface area contributed by atoms with Crippen LogP contribution in [0.25, 0.3) is 0 Å². The number of imide groups is 1. The Balaban J connectivity index is 1.62. The van der Waals surface area contributed by atoms with E-state index in [0.717, 1.165) is 18.7 Å². The molecule has 34 heavy (non-hydrogen) atoms. The van der Waals surface area contributed by atoms with Gasteiger partial charge < -0.3 is 10.2 Å². The number of hydrogen-bond donors (Lipinski definition) is 1. The molecule has 0 bridgehead atoms. The molecule has 0 radical (unpaired) electrons. The summed E-state index contributed by atoms with van der Waals surface area (Å²) < 4.78 is 0. The number of amides is 3. The molecule has 7 nitrogen and oxygen atoms in total. The number of benzene rings is 3. The number of carbonyl (C=O) groups excluding carboxylic acids is 3. The average molecular weight is 458 g/mol. The Kier molecular flexibility index (Phi) is 6.75. The molecule has 0 spiro atoms. The fourth-order valence-electron chi connectivity index (χ4n) is 4.16. The quantitative estimate of drug-likeness (QED) is 0.516. The lowest BCUT2D eigenvalue weighted by Crippen LogP contribution is -2.45. The van der Waals surface area contributed by atoms with Crippen LogP contribution in [0, 0.1) is 0 Å². The van der Waals surface area contributed by atoms with Gasteiger partial charge in [0.2, 0.25) is 0 Å². The molecule has 1 aliphatic rings. The summed E-state index contributed by atoms with van der Waals surface area (Å²) in [6.45, 7) is 6.60. The molecule has 4 rings (SSSR count). The third-order valence-corrected chi connectivity index (χ3v) is 6.04. The lowest BCUT2D eigenvalue weighted by Gasteiger charge is -2.27. The zero-order chi connectivity index (χ0) is 24.1. The van der Waals surface area contributed by atoms with Crippen LogP contribution in [0.4, 0.5) is 4.79 Å². The van der Waals surface area contributed by atoms with E-state index in [4.69, 9.17) is 4.84 Å². The third kappa shape index (κ3) is 4.30. The van der Waals surface area contributed by atoms with Crippen LogP contribution < -0.4 is 5.32 Å². The first kappa shape index (κ1) is 23.2. The highest BCUT2D eigenvalue weighted by Crippen LogP contribution is 2.36. The van der Waals surface area contributed by atoms with Crippen molar-refractivity contribution < 1.29 is 19.2 Å². The van der Waals surface area contributed by atoms with Crippen molar-refractivity contribution in [1.82, 2.24) is 15.3 Å². The molecule has 3 aromatic rings. The fraction of sp³-hybridized carbons (Fsp3) is 0.222. The molecule has 1 aliphatic heterocycles. The lowest BCUT2D eigenvalue weighted by atomic mass is 9.83. The number of rotatable bonds is 8. The van der Waals surface area contributed by atoms with Gasteiger partial charge >= 0.3 is 12.0 Å². The summed E-state index contributed by atoms with van der Waals surface area (Å²) in [5.41, 5.74) is 0.851. The lowest BCUT2D eigenvalue weighted by molar-refractivity contribution is -0.153. The Morgan fingerprint density at radius 3 is 2.03 bits per heavy atom. The number of hydrogen-bond acceptors (Lipinski definition) is 5. The molecule has 0 atom stereocenters. The van der Waals surface area contributed by atoms with Crippen LogP contribution in [0.5, 0.6) is 0 Å². The summed E-state index contributed by atoms with van der Waals surface area (Å²) in [5.74, 6) is -1.45. The van der Waals surface area contributed by atoms with Crippen molar-refractivity contribution in [3.8, 4) is 0 Å². The van der Waals surface area contributed by atoms with Crippen molar-refractivity contribution in [3.05, 3.63) is 107 Å². The van der Waals surface area contributed by atoms with Crippen molar-refractivity contribution in [2.75, 3.05) is 13.1 Å². The molecular weight excluding hydrogens is 430 g/mol. The van der Waals surface area contributed by atoms with E-state index in [0.29, 0.717) is 22.7 Å². The van der Waals surface area contributed by atoms with Crippen molar-refractivity contribution >= 4 is 17.9 Å². The standard InChI is InChI=1S/C27H27N3O4/c1-3-29(4-2)19-20-12-11-13-21(18-20)24(31)34-30-25(32)27(28-26(30)33,22-14-7-5-8-15-22)23-16-9-6-10-17-23/h5-18H,3-4,19H2,1-2H3,(H,28,33). The predicted molar refractivity (Wildman–Crippen MR) is 128 cm³/mol. The van der Waals surface area contributed by atoms with Gasteiger partial charge in [0, 0.05) is 6.54 Å². The molecule has 1 saturated heterocycles. The number of hydroxylamine groups is 2. The molecule has 1 heterocycles. The maximum Gasteiger partial charge on any atom is 0.364 e. The fourth-order valence-corrected chi connectivity index (χ4v) is 4.16. The van der Waals surface area contributed by atoms with Gasteiger partial charge in [0.15, 0.2) is 5.54 Å². The van der Waals surface area contributed by atoms with Gasteiger partial charge in [0.1, 0.15) is 0 Å². The van der Waals surface area contributed by atoms with Crippen molar-refractivity contribution in [2.45, 2.75) is 25.9 Å². The Morgan fingerprint density at radius 2 is 1.47 bits per heavy atom. The third-order valence-electron chi connectivity index (χ3n) is 6.04. The maximum atomic E-state index is 13.7. The Labute approximate surface area is 198 Å². The van der Waals surface area contributed by atoms with Crippen LogP contribution in [0.3, 0.4) is 0 Å². The zero-order valence-electron chi connectivity index (χ0n) is 19.2. The topological polar surface area (TPSA) is 79.0 Å². The largest absolute Gasteiger partial charge is 0.364 e. The van der Waals surface area contributed by atoms with Crippen molar-refractivity contribution in [2.24, 2.45) is 0 Å². The molecule has 0 aliphatic carbocycles. The number of urea groups is 1. The normalized spacial score (nSPS) is 14.9. The molecule has 174 valence electrons. The monoisotopic (exact) mass is 457 g/mol. The molecule has 0 saturated carbocycles. The van der Waals surface area contributed by atoms with E-state index in [1.807, 2.05) is 18.2 Å². The van der Waals surface area contributed by atoms with Gasteiger partial charge in [-0.05, 0) is 41.9 Å².